The van der Waals surface area contributed by atoms with Gasteiger partial charge in [0.2, 0.25) is 5.78 Å². The number of fused-ring (bicyclic) bond motifs is 3. The molecule has 2 aliphatic heterocycles. The smallest absolute Gasteiger partial charge is 0.312 e. The number of carbonyl (C=O) groups is 2. The maximum Gasteiger partial charge on any atom is 0.312 e. The third-order valence-corrected chi connectivity index (χ3v) is 5.41. The zero-order valence-corrected chi connectivity index (χ0v) is 16.8. The third-order valence-electron chi connectivity index (χ3n) is 5.41. The molecule has 0 amide bonds. The van der Waals surface area contributed by atoms with E-state index in [0.29, 0.717) is 39.9 Å². The quantitative estimate of drug-likeness (QED) is 0.354. The molecule has 3 heterocycles. The van der Waals surface area contributed by atoms with E-state index in [9.17, 15) is 9.59 Å². The molecule has 2 aliphatic rings. The van der Waals surface area contributed by atoms with Gasteiger partial charge >= 0.3 is 5.97 Å². The number of ether oxygens (including phenoxy) is 4. The number of ketones is 1. The zero-order chi connectivity index (χ0) is 21.5. The van der Waals surface area contributed by atoms with E-state index in [1.54, 1.807) is 50.6 Å². The van der Waals surface area contributed by atoms with Gasteiger partial charge in [0.15, 0.2) is 17.3 Å². The lowest BCUT2D eigenvalue weighted by Gasteiger charge is -2.26. The summed E-state index contributed by atoms with van der Waals surface area (Å²) in [5.41, 5.74) is 1.89. The van der Waals surface area contributed by atoms with Crippen LogP contribution < -0.4 is 18.9 Å². The number of esters is 1. The van der Waals surface area contributed by atoms with E-state index in [-0.39, 0.29) is 29.9 Å². The summed E-state index contributed by atoms with van der Waals surface area (Å²) in [6.45, 7) is 0. The predicted molar refractivity (Wildman–Crippen MR) is 110 cm³/mol. The van der Waals surface area contributed by atoms with Crippen molar-refractivity contribution in [2.75, 3.05) is 14.2 Å². The maximum atomic E-state index is 12.9. The van der Waals surface area contributed by atoms with E-state index in [0.717, 1.165) is 5.56 Å². The Morgan fingerprint density at radius 1 is 1.00 bits per heavy atom. The minimum atomic E-state index is -0.373. The van der Waals surface area contributed by atoms with Gasteiger partial charge in [-0.2, -0.15) is 0 Å². The Morgan fingerprint density at radius 3 is 2.58 bits per heavy atom. The lowest BCUT2D eigenvalue weighted by Crippen LogP contribution is -2.21. The predicted octanol–water partition coefficient (Wildman–Crippen LogP) is 4.35. The van der Waals surface area contributed by atoms with Gasteiger partial charge in [-0.05, 0) is 42.0 Å². The van der Waals surface area contributed by atoms with Gasteiger partial charge < -0.3 is 23.4 Å². The summed E-state index contributed by atoms with van der Waals surface area (Å²) in [5, 5.41) is 0. The minimum Gasteiger partial charge on any atom is -0.493 e. The summed E-state index contributed by atoms with van der Waals surface area (Å²) in [6, 6.07) is 12.2. The Bertz CT molecular complexity index is 1220. The fourth-order valence-corrected chi connectivity index (χ4v) is 3.96. The highest BCUT2D eigenvalue weighted by molar-refractivity contribution is 6.15. The van der Waals surface area contributed by atoms with Crippen molar-refractivity contribution in [3.8, 4) is 23.0 Å². The molecule has 3 aromatic rings. The van der Waals surface area contributed by atoms with E-state index in [1.807, 2.05) is 12.1 Å². The molecular weight excluding hydrogens is 400 g/mol. The molecule has 2 aromatic carbocycles. The lowest BCUT2D eigenvalue weighted by atomic mass is 9.84. The van der Waals surface area contributed by atoms with E-state index in [4.69, 9.17) is 23.4 Å². The highest BCUT2D eigenvalue weighted by Crippen LogP contribution is 2.49. The van der Waals surface area contributed by atoms with Crippen molar-refractivity contribution >= 4 is 17.8 Å². The number of benzene rings is 2. The van der Waals surface area contributed by atoms with Crippen LogP contribution in [0.1, 0.15) is 39.6 Å². The van der Waals surface area contributed by atoms with Crippen molar-refractivity contribution < 1.29 is 33.0 Å². The SMILES string of the molecule is COc1ccc(C2CC(=O)Oc3ccc4c(c32)OC(=Cc2ccco2)C4=O)cc1OC. The molecule has 1 aromatic heterocycles. The van der Waals surface area contributed by atoms with Gasteiger partial charge in [-0.15, -0.1) is 0 Å². The maximum absolute atomic E-state index is 12.9. The van der Waals surface area contributed by atoms with Gasteiger partial charge in [0, 0.05) is 17.6 Å². The molecule has 1 atom stereocenters. The molecule has 0 fully saturated rings. The van der Waals surface area contributed by atoms with E-state index >= 15 is 0 Å². The van der Waals surface area contributed by atoms with Gasteiger partial charge in [-0.25, -0.2) is 0 Å². The van der Waals surface area contributed by atoms with Crippen LogP contribution in [0.25, 0.3) is 6.08 Å². The van der Waals surface area contributed by atoms with Crippen molar-refractivity contribution in [1.82, 2.24) is 0 Å². The topological polar surface area (TPSA) is 84.2 Å². The fraction of sp³-hybridized carbons (Fsp3) is 0.167. The van der Waals surface area contributed by atoms with Crippen LogP contribution >= 0.6 is 0 Å². The number of rotatable bonds is 4. The molecule has 0 spiro atoms. The van der Waals surface area contributed by atoms with Gasteiger partial charge in [0.1, 0.15) is 17.3 Å². The van der Waals surface area contributed by atoms with Crippen LogP contribution in [-0.4, -0.2) is 26.0 Å². The van der Waals surface area contributed by atoms with Crippen molar-refractivity contribution in [2.45, 2.75) is 12.3 Å². The molecule has 0 saturated heterocycles. The molecule has 0 N–H and O–H groups in total. The number of furan rings is 1. The summed E-state index contributed by atoms with van der Waals surface area (Å²) >= 11 is 0. The Kier molecular flexibility index (Phi) is 4.51. The van der Waals surface area contributed by atoms with E-state index in [1.165, 1.54) is 6.26 Å². The van der Waals surface area contributed by atoms with Crippen molar-refractivity contribution in [2.24, 2.45) is 0 Å². The van der Waals surface area contributed by atoms with Crippen molar-refractivity contribution in [1.29, 1.82) is 0 Å². The zero-order valence-electron chi connectivity index (χ0n) is 16.8. The summed E-state index contributed by atoms with van der Waals surface area (Å²) in [4.78, 5) is 25.2. The Hall–Kier alpha value is -4.00. The molecule has 0 aliphatic carbocycles. The second-order valence-corrected chi connectivity index (χ2v) is 7.15. The highest BCUT2D eigenvalue weighted by Gasteiger charge is 2.38. The van der Waals surface area contributed by atoms with Crippen LogP contribution in [0.4, 0.5) is 0 Å². The first-order chi connectivity index (χ1) is 15.1. The van der Waals surface area contributed by atoms with E-state index in [2.05, 4.69) is 0 Å². The largest absolute Gasteiger partial charge is 0.493 e. The van der Waals surface area contributed by atoms with Crippen LogP contribution in [0.3, 0.4) is 0 Å². The molecule has 7 heteroatoms. The number of allylic oxidation sites excluding steroid dienone is 1. The number of carbonyl (C=O) groups excluding carboxylic acids is 2. The van der Waals surface area contributed by atoms with Gasteiger partial charge in [0.05, 0.1) is 32.5 Å². The summed E-state index contributed by atoms with van der Waals surface area (Å²) < 4.78 is 27.5. The average Bonchev–Trinajstić information content (AvgIpc) is 3.40. The number of Topliss-reactive ketones (excluding diaryl/α,β-unsaturated/α-hetero) is 1. The molecule has 31 heavy (non-hydrogen) atoms. The molecule has 1 unspecified atom stereocenters. The van der Waals surface area contributed by atoms with Gasteiger partial charge in [0.25, 0.3) is 0 Å². The standard InChI is InChI=1S/C24H18O7/c1-27-17-7-5-13(10-19(17)28-2)16-12-21(25)30-18-8-6-15-23(26)20(31-24(15)22(16)18)11-14-4-3-9-29-14/h3-11,16H,12H2,1-2H3. The van der Waals surface area contributed by atoms with Gasteiger partial charge in [-0.1, -0.05) is 6.07 Å². The number of methoxy groups -OCH3 is 2. The highest BCUT2D eigenvalue weighted by atomic mass is 16.5. The van der Waals surface area contributed by atoms with Crippen LogP contribution in [-0.2, 0) is 4.79 Å². The molecule has 5 rings (SSSR count). The number of hydrogen-bond acceptors (Lipinski definition) is 7. The minimum absolute atomic E-state index is 0.105. The Labute approximate surface area is 177 Å². The van der Waals surface area contributed by atoms with Crippen molar-refractivity contribution in [3.63, 3.8) is 0 Å². The molecule has 0 radical (unpaired) electrons. The first kappa shape index (κ1) is 19.0. The molecular formula is C24H18O7. The molecule has 7 nitrogen and oxygen atoms in total. The van der Waals surface area contributed by atoms with Gasteiger partial charge in [-0.3, -0.25) is 9.59 Å². The van der Waals surface area contributed by atoms with Crippen molar-refractivity contribution in [3.05, 3.63) is 76.9 Å². The normalized spacial score (nSPS) is 18.3. The van der Waals surface area contributed by atoms with E-state index < -0.39 is 0 Å². The number of hydrogen-bond donors (Lipinski definition) is 0. The first-order valence-electron chi connectivity index (χ1n) is 9.66. The lowest BCUT2D eigenvalue weighted by molar-refractivity contribution is -0.135. The van der Waals surface area contributed by atoms with Crippen LogP contribution in [0.5, 0.6) is 23.0 Å². The molecule has 156 valence electrons. The molecule has 0 bridgehead atoms. The second-order valence-electron chi connectivity index (χ2n) is 7.15. The van der Waals surface area contributed by atoms with Crippen LogP contribution in [0.15, 0.2) is 58.9 Å². The van der Waals surface area contributed by atoms with Crippen LogP contribution in [0, 0.1) is 0 Å². The monoisotopic (exact) mass is 418 g/mol. The van der Waals surface area contributed by atoms with Crippen LogP contribution in [0.2, 0.25) is 0 Å². The Morgan fingerprint density at radius 2 is 1.84 bits per heavy atom. The first-order valence-corrected chi connectivity index (χ1v) is 9.66. The summed E-state index contributed by atoms with van der Waals surface area (Å²) in [6.07, 6.45) is 3.18. The fourth-order valence-electron chi connectivity index (χ4n) is 3.96. The molecule has 0 saturated carbocycles. The summed E-state index contributed by atoms with van der Waals surface area (Å²) in [5.74, 6) is 1.58. The summed E-state index contributed by atoms with van der Waals surface area (Å²) in [7, 11) is 3.11. The average molecular weight is 418 g/mol. The second kappa shape index (κ2) is 7.36. The Balaban J connectivity index is 1.63. The third kappa shape index (κ3) is 3.15.